The second-order valence-corrected chi connectivity index (χ2v) is 8.59. The van der Waals surface area contributed by atoms with Crippen molar-refractivity contribution in [2.75, 3.05) is 0 Å². The van der Waals surface area contributed by atoms with Crippen molar-refractivity contribution >= 4 is 5.57 Å². The Morgan fingerprint density at radius 3 is 2.03 bits per heavy atom. The molecule has 0 aliphatic heterocycles. The van der Waals surface area contributed by atoms with Crippen LogP contribution < -0.4 is 0 Å². The average Bonchev–Trinajstić information content (AvgIpc) is 3.49. The Kier molecular flexibility index (Phi) is 6.18. The summed E-state index contributed by atoms with van der Waals surface area (Å²) in [6.45, 7) is 12.2. The first-order valence-electron chi connectivity index (χ1n) is 10.7. The van der Waals surface area contributed by atoms with E-state index in [4.69, 9.17) is 8.83 Å². The van der Waals surface area contributed by atoms with Gasteiger partial charge in [0, 0.05) is 22.3 Å². The van der Waals surface area contributed by atoms with Crippen molar-refractivity contribution in [1.29, 1.82) is 0 Å². The Balaban J connectivity index is 1.60. The lowest BCUT2D eigenvalue weighted by molar-refractivity contribution is 0.554. The van der Waals surface area contributed by atoms with Crippen LogP contribution in [-0.2, 0) is 5.41 Å². The van der Waals surface area contributed by atoms with Crippen LogP contribution in [0.4, 0.5) is 0 Å². The normalized spacial score (nSPS) is 12.4. The SMILES string of the molecule is C=CC=C(C=CC)c1nnc(-c2cccc(-c3nnc(-c4ccc(C(C)(C)C)cc4)o3)c2)o1. The lowest BCUT2D eigenvalue weighted by atomic mass is 9.87. The van der Waals surface area contributed by atoms with Gasteiger partial charge in [-0.25, -0.2) is 0 Å². The Hall–Kier alpha value is -4.06. The van der Waals surface area contributed by atoms with Gasteiger partial charge in [-0.15, -0.1) is 20.4 Å². The summed E-state index contributed by atoms with van der Waals surface area (Å²) >= 11 is 0. The van der Waals surface area contributed by atoms with Crippen LogP contribution in [0.25, 0.3) is 39.9 Å². The van der Waals surface area contributed by atoms with Gasteiger partial charge < -0.3 is 8.83 Å². The third-order valence-corrected chi connectivity index (χ3v) is 5.09. The van der Waals surface area contributed by atoms with E-state index in [1.54, 1.807) is 6.08 Å². The molecule has 33 heavy (non-hydrogen) atoms. The lowest BCUT2D eigenvalue weighted by Crippen LogP contribution is -2.10. The Morgan fingerprint density at radius 1 is 0.818 bits per heavy atom. The topological polar surface area (TPSA) is 77.8 Å². The fourth-order valence-electron chi connectivity index (χ4n) is 3.32. The molecular formula is C27H26N4O2. The first-order chi connectivity index (χ1) is 15.9. The van der Waals surface area contributed by atoms with E-state index in [9.17, 15) is 0 Å². The monoisotopic (exact) mass is 438 g/mol. The molecule has 2 aromatic heterocycles. The third kappa shape index (κ3) is 4.90. The quantitative estimate of drug-likeness (QED) is 0.305. The summed E-state index contributed by atoms with van der Waals surface area (Å²) in [6, 6.07) is 15.8. The van der Waals surface area contributed by atoms with Crippen molar-refractivity contribution in [3.8, 4) is 34.4 Å². The van der Waals surface area contributed by atoms with Gasteiger partial charge in [-0.3, -0.25) is 0 Å². The number of aromatic nitrogens is 4. The number of hydrogen-bond acceptors (Lipinski definition) is 6. The zero-order valence-corrected chi connectivity index (χ0v) is 19.2. The number of allylic oxidation sites excluding steroid dienone is 5. The van der Waals surface area contributed by atoms with E-state index in [2.05, 4.69) is 59.9 Å². The Morgan fingerprint density at radius 2 is 1.42 bits per heavy atom. The van der Waals surface area contributed by atoms with Crippen LogP contribution in [0.3, 0.4) is 0 Å². The molecule has 0 N–H and O–H groups in total. The highest BCUT2D eigenvalue weighted by Gasteiger charge is 2.16. The van der Waals surface area contributed by atoms with Crippen LogP contribution in [0.1, 0.15) is 39.1 Å². The molecule has 4 aromatic rings. The van der Waals surface area contributed by atoms with Crippen molar-refractivity contribution in [2.45, 2.75) is 33.1 Å². The minimum absolute atomic E-state index is 0.0860. The number of hydrogen-bond donors (Lipinski definition) is 0. The van der Waals surface area contributed by atoms with E-state index in [1.165, 1.54) is 5.56 Å². The molecule has 0 aliphatic rings. The van der Waals surface area contributed by atoms with Gasteiger partial charge >= 0.3 is 0 Å². The maximum Gasteiger partial charge on any atom is 0.248 e. The zero-order valence-electron chi connectivity index (χ0n) is 19.2. The van der Waals surface area contributed by atoms with Gasteiger partial charge in [0.05, 0.1) is 0 Å². The highest BCUT2D eigenvalue weighted by Crippen LogP contribution is 2.30. The van der Waals surface area contributed by atoms with Crippen LogP contribution in [-0.4, -0.2) is 20.4 Å². The van der Waals surface area contributed by atoms with E-state index < -0.39 is 0 Å². The number of nitrogens with zero attached hydrogens (tertiary/aromatic N) is 4. The molecule has 2 heterocycles. The molecule has 0 unspecified atom stereocenters. The number of benzene rings is 2. The van der Waals surface area contributed by atoms with E-state index in [1.807, 2.05) is 61.5 Å². The molecule has 0 atom stereocenters. The summed E-state index contributed by atoms with van der Waals surface area (Å²) in [5.74, 6) is 1.73. The predicted molar refractivity (Wildman–Crippen MR) is 130 cm³/mol. The second kappa shape index (κ2) is 9.20. The van der Waals surface area contributed by atoms with Gasteiger partial charge in [0.25, 0.3) is 0 Å². The van der Waals surface area contributed by atoms with Crippen molar-refractivity contribution in [1.82, 2.24) is 20.4 Å². The predicted octanol–water partition coefficient (Wildman–Crippen LogP) is 6.90. The fraction of sp³-hybridized carbons (Fsp3) is 0.185. The van der Waals surface area contributed by atoms with Gasteiger partial charge in [0.15, 0.2) is 0 Å². The minimum atomic E-state index is 0.0860. The van der Waals surface area contributed by atoms with E-state index >= 15 is 0 Å². The van der Waals surface area contributed by atoms with Gasteiger partial charge in [-0.1, -0.05) is 69.9 Å². The van der Waals surface area contributed by atoms with E-state index in [-0.39, 0.29) is 5.41 Å². The van der Waals surface area contributed by atoms with Crippen LogP contribution in [0, 0.1) is 0 Å². The summed E-state index contributed by atoms with van der Waals surface area (Å²) in [6.07, 6.45) is 7.30. The average molecular weight is 439 g/mol. The summed E-state index contributed by atoms with van der Waals surface area (Å²) in [4.78, 5) is 0. The van der Waals surface area contributed by atoms with Crippen molar-refractivity contribution < 1.29 is 8.83 Å². The molecule has 0 saturated heterocycles. The van der Waals surface area contributed by atoms with Gasteiger partial charge in [-0.05, 0) is 48.2 Å². The van der Waals surface area contributed by atoms with Crippen LogP contribution in [0.5, 0.6) is 0 Å². The molecule has 0 aliphatic carbocycles. The van der Waals surface area contributed by atoms with E-state index in [0.717, 1.165) is 22.3 Å². The highest BCUT2D eigenvalue weighted by atomic mass is 16.4. The largest absolute Gasteiger partial charge is 0.416 e. The molecule has 0 fully saturated rings. The zero-order chi connectivity index (χ0) is 23.4. The van der Waals surface area contributed by atoms with Gasteiger partial charge in [0.2, 0.25) is 23.6 Å². The first kappa shape index (κ1) is 22.1. The third-order valence-electron chi connectivity index (χ3n) is 5.09. The molecule has 0 spiro atoms. The molecule has 0 radical (unpaired) electrons. The van der Waals surface area contributed by atoms with Crippen molar-refractivity contribution in [3.05, 3.63) is 90.9 Å². The molecule has 166 valence electrons. The maximum atomic E-state index is 5.96. The lowest BCUT2D eigenvalue weighted by Gasteiger charge is -2.18. The summed E-state index contributed by atoms with van der Waals surface area (Å²) < 4.78 is 11.8. The molecule has 0 bridgehead atoms. The van der Waals surface area contributed by atoms with Crippen LogP contribution in [0.15, 0.2) is 88.2 Å². The van der Waals surface area contributed by atoms with Crippen molar-refractivity contribution in [3.63, 3.8) is 0 Å². The second-order valence-electron chi connectivity index (χ2n) is 8.59. The van der Waals surface area contributed by atoms with Gasteiger partial charge in [-0.2, -0.15) is 0 Å². The molecular weight excluding hydrogens is 412 g/mol. The molecule has 6 nitrogen and oxygen atoms in total. The van der Waals surface area contributed by atoms with Crippen LogP contribution in [0.2, 0.25) is 0 Å². The molecule has 6 heteroatoms. The van der Waals surface area contributed by atoms with Crippen LogP contribution >= 0.6 is 0 Å². The minimum Gasteiger partial charge on any atom is -0.416 e. The van der Waals surface area contributed by atoms with Crippen molar-refractivity contribution in [2.24, 2.45) is 0 Å². The smallest absolute Gasteiger partial charge is 0.248 e. The molecule has 4 rings (SSSR count). The summed E-state index contributed by atoms with van der Waals surface area (Å²) in [5, 5.41) is 16.8. The summed E-state index contributed by atoms with van der Waals surface area (Å²) in [7, 11) is 0. The maximum absolute atomic E-state index is 5.96. The number of rotatable bonds is 6. The Labute approximate surface area is 193 Å². The Bertz CT molecular complexity index is 1320. The standard InChI is InChI=1S/C27H26N4O2/c1-6-9-18(10-7-2)23-28-30-25(32-23)20-11-8-12-21(17-20)26-31-29-24(33-26)19-13-15-22(16-14-19)27(3,4)5/h6-17H,1H2,2-5H3. The summed E-state index contributed by atoms with van der Waals surface area (Å²) in [5.41, 5.74) is 4.54. The first-order valence-corrected chi connectivity index (χ1v) is 10.7. The molecule has 2 aromatic carbocycles. The highest BCUT2D eigenvalue weighted by molar-refractivity contribution is 5.71. The fourth-order valence-corrected chi connectivity index (χ4v) is 3.32. The molecule has 0 amide bonds. The van der Waals surface area contributed by atoms with Gasteiger partial charge in [0.1, 0.15) is 0 Å². The molecule has 0 saturated carbocycles. The van der Waals surface area contributed by atoms with E-state index in [0.29, 0.717) is 23.6 Å².